The Morgan fingerprint density at radius 1 is 1.47 bits per heavy atom. The molecule has 0 radical (unpaired) electrons. The zero-order chi connectivity index (χ0) is 14.0. The summed E-state index contributed by atoms with van der Waals surface area (Å²) >= 11 is 0. The summed E-state index contributed by atoms with van der Waals surface area (Å²) in [6.45, 7) is 4.55. The SMILES string of the molecule is CC1(C)CCCC(Nc2nc(C(N)=O)ccc2N)C1. The predicted octanol–water partition coefficient (Wildman–Crippen LogP) is 2.14. The average molecular weight is 262 g/mol. The van der Waals surface area contributed by atoms with Crippen LogP contribution in [-0.4, -0.2) is 16.9 Å². The molecule has 2 rings (SSSR count). The Kier molecular flexibility index (Phi) is 3.64. The molecule has 1 aliphatic rings. The molecular formula is C14H22N4O. The van der Waals surface area contributed by atoms with E-state index in [1.54, 1.807) is 12.1 Å². The summed E-state index contributed by atoms with van der Waals surface area (Å²) in [7, 11) is 0. The van der Waals surface area contributed by atoms with Crippen LogP contribution in [0.4, 0.5) is 11.5 Å². The van der Waals surface area contributed by atoms with Gasteiger partial charge in [0.2, 0.25) is 0 Å². The van der Waals surface area contributed by atoms with Gasteiger partial charge in [0.15, 0.2) is 0 Å². The fourth-order valence-corrected chi connectivity index (χ4v) is 2.74. The topological polar surface area (TPSA) is 94.0 Å². The lowest BCUT2D eigenvalue weighted by molar-refractivity contribution is 0.0995. The lowest BCUT2D eigenvalue weighted by atomic mass is 9.75. The lowest BCUT2D eigenvalue weighted by Gasteiger charge is -2.36. The summed E-state index contributed by atoms with van der Waals surface area (Å²) in [4.78, 5) is 15.4. The minimum absolute atomic E-state index is 0.242. The Labute approximate surface area is 113 Å². The summed E-state index contributed by atoms with van der Waals surface area (Å²) < 4.78 is 0. The first-order chi connectivity index (χ1) is 8.87. The minimum atomic E-state index is -0.535. The molecule has 104 valence electrons. The predicted molar refractivity (Wildman–Crippen MR) is 76.8 cm³/mol. The second-order valence-electron chi connectivity index (χ2n) is 6.10. The number of nitrogen functional groups attached to an aromatic ring is 1. The highest BCUT2D eigenvalue weighted by Crippen LogP contribution is 2.36. The van der Waals surface area contributed by atoms with E-state index in [1.807, 2.05) is 0 Å². The highest BCUT2D eigenvalue weighted by Gasteiger charge is 2.28. The molecule has 5 N–H and O–H groups in total. The summed E-state index contributed by atoms with van der Waals surface area (Å²) in [6, 6.07) is 3.57. The smallest absolute Gasteiger partial charge is 0.267 e. The Morgan fingerprint density at radius 3 is 2.84 bits per heavy atom. The number of hydrogen-bond donors (Lipinski definition) is 3. The number of nitrogens with zero attached hydrogens (tertiary/aromatic N) is 1. The van der Waals surface area contributed by atoms with Crippen LogP contribution in [0, 0.1) is 5.41 Å². The number of carbonyl (C=O) groups excluding carboxylic acids is 1. The molecule has 0 bridgehead atoms. The number of rotatable bonds is 3. The maximum absolute atomic E-state index is 11.2. The van der Waals surface area contributed by atoms with Gasteiger partial charge in [-0.1, -0.05) is 20.3 Å². The number of amides is 1. The fourth-order valence-electron chi connectivity index (χ4n) is 2.74. The molecule has 1 aromatic rings. The van der Waals surface area contributed by atoms with Gasteiger partial charge in [0.05, 0.1) is 5.69 Å². The van der Waals surface area contributed by atoms with Gasteiger partial charge >= 0.3 is 0 Å². The molecule has 0 aromatic carbocycles. The molecule has 1 heterocycles. The van der Waals surface area contributed by atoms with E-state index in [2.05, 4.69) is 24.1 Å². The van der Waals surface area contributed by atoms with Crippen LogP contribution in [0.3, 0.4) is 0 Å². The highest BCUT2D eigenvalue weighted by atomic mass is 16.1. The second-order valence-corrected chi connectivity index (χ2v) is 6.10. The van der Waals surface area contributed by atoms with Crippen LogP contribution in [0.15, 0.2) is 12.1 Å². The number of carbonyl (C=O) groups is 1. The number of pyridine rings is 1. The molecule has 0 saturated heterocycles. The van der Waals surface area contributed by atoms with Gasteiger partial charge in [-0.05, 0) is 36.8 Å². The van der Waals surface area contributed by atoms with E-state index in [0.29, 0.717) is 23.0 Å². The third-order valence-corrected chi connectivity index (χ3v) is 3.72. The molecule has 1 atom stereocenters. The van der Waals surface area contributed by atoms with Crippen molar-refractivity contribution < 1.29 is 4.79 Å². The van der Waals surface area contributed by atoms with E-state index in [-0.39, 0.29) is 5.69 Å². The van der Waals surface area contributed by atoms with Crippen molar-refractivity contribution in [2.75, 3.05) is 11.1 Å². The fraction of sp³-hybridized carbons (Fsp3) is 0.571. The van der Waals surface area contributed by atoms with Crippen LogP contribution in [0.2, 0.25) is 0 Å². The van der Waals surface area contributed by atoms with E-state index >= 15 is 0 Å². The van der Waals surface area contributed by atoms with Gasteiger partial charge in [0.25, 0.3) is 5.91 Å². The van der Waals surface area contributed by atoms with Crippen molar-refractivity contribution in [2.24, 2.45) is 11.1 Å². The molecule has 19 heavy (non-hydrogen) atoms. The molecule has 5 nitrogen and oxygen atoms in total. The molecule has 0 aliphatic heterocycles. The summed E-state index contributed by atoms with van der Waals surface area (Å²) in [6.07, 6.45) is 4.62. The van der Waals surface area contributed by atoms with Crippen molar-refractivity contribution in [3.8, 4) is 0 Å². The van der Waals surface area contributed by atoms with Crippen LogP contribution >= 0.6 is 0 Å². The van der Waals surface area contributed by atoms with E-state index in [0.717, 1.165) is 12.8 Å². The Balaban J connectivity index is 2.14. The third kappa shape index (κ3) is 3.36. The Hall–Kier alpha value is -1.78. The van der Waals surface area contributed by atoms with Gasteiger partial charge in [-0.2, -0.15) is 0 Å². The van der Waals surface area contributed by atoms with E-state index in [4.69, 9.17) is 11.5 Å². The summed E-state index contributed by atoms with van der Waals surface area (Å²) in [5.41, 5.74) is 12.3. The normalized spacial score (nSPS) is 21.9. The molecule has 1 amide bonds. The zero-order valence-electron chi connectivity index (χ0n) is 11.6. The van der Waals surface area contributed by atoms with Gasteiger partial charge in [-0.3, -0.25) is 4.79 Å². The van der Waals surface area contributed by atoms with Gasteiger partial charge < -0.3 is 16.8 Å². The van der Waals surface area contributed by atoms with Gasteiger partial charge in [-0.15, -0.1) is 0 Å². The number of nitrogens with one attached hydrogen (secondary N) is 1. The standard InChI is InChI=1S/C14H22N4O/c1-14(2)7-3-4-9(8-14)17-13-10(15)5-6-11(18-13)12(16)19/h5-6,9H,3-4,7-8,15H2,1-2H3,(H2,16,19)(H,17,18). The van der Waals surface area contributed by atoms with Crippen LogP contribution in [-0.2, 0) is 0 Å². The summed E-state index contributed by atoms with van der Waals surface area (Å²) in [5.74, 6) is 0.0334. The monoisotopic (exact) mass is 262 g/mol. The van der Waals surface area contributed by atoms with Crippen molar-refractivity contribution in [1.29, 1.82) is 0 Å². The van der Waals surface area contributed by atoms with Gasteiger partial charge in [-0.25, -0.2) is 4.98 Å². The number of nitrogens with two attached hydrogens (primary N) is 2. The molecular weight excluding hydrogens is 240 g/mol. The number of hydrogen-bond acceptors (Lipinski definition) is 4. The van der Waals surface area contributed by atoms with E-state index < -0.39 is 5.91 Å². The van der Waals surface area contributed by atoms with Crippen LogP contribution in [0.25, 0.3) is 0 Å². The van der Waals surface area contributed by atoms with Crippen molar-refractivity contribution in [2.45, 2.75) is 45.6 Å². The molecule has 1 aliphatic carbocycles. The van der Waals surface area contributed by atoms with Crippen molar-refractivity contribution in [3.05, 3.63) is 17.8 Å². The molecule has 1 saturated carbocycles. The Morgan fingerprint density at radius 2 is 2.21 bits per heavy atom. The van der Waals surface area contributed by atoms with Crippen LogP contribution in [0.1, 0.15) is 50.0 Å². The highest BCUT2D eigenvalue weighted by molar-refractivity contribution is 5.91. The van der Waals surface area contributed by atoms with Crippen LogP contribution in [0.5, 0.6) is 0 Å². The largest absolute Gasteiger partial charge is 0.396 e. The van der Waals surface area contributed by atoms with Crippen LogP contribution < -0.4 is 16.8 Å². The number of primary amides is 1. The molecule has 1 unspecified atom stereocenters. The van der Waals surface area contributed by atoms with E-state index in [9.17, 15) is 4.79 Å². The molecule has 1 aromatic heterocycles. The zero-order valence-corrected chi connectivity index (χ0v) is 11.6. The van der Waals surface area contributed by atoms with Crippen molar-refractivity contribution >= 4 is 17.4 Å². The van der Waals surface area contributed by atoms with Crippen molar-refractivity contribution in [1.82, 2.24) is 4.98 Å². The lowest BCUT2D eigenvalue weighted by Crippen LogP contribution is -2.32. The molecule has 5 heteroatoms. The summed E-state index contributed by atoms with van der Waals surface area (Å²) in [5, 5.41) is 3.36. The second kappa shape index (κ2) is 5.07. The molecule has 0 spiro atoms. The first-order valence-electron chi connectivity index (χ1n) is 6.70. The number of aromatic nitrogens is 1. The van der Waals surface area contributed by atoms with E-state index in [1.165, 1.54) is 12.8 Å². The van der Waals surface area contributed by atoms with Gasteiger partial charge in [0, 0.05) is 6.04 Å². The minimum Gasteiger partial charge on any atom is -0.396 e. The first kappa shape index (κ1) is 13.6. The first-order valence-corrected chi connectivity index (χ1v) is 6.70. The maximum Gasteiger partial charge on any atom is 0.267 e. The quantitative estimate of drug-likeness (QED) is 0.778. The molecule has 1 fully saturated rings. The third-order valence-electron chi connectivity index (χ3n) is 3.72. The van der Waals surface area contributed by atoms with Crippen molar-refractivity contribution in [3.63, 3.8) is 0 Å². The maximum atomic E-state index is 11.2. The Bertz CT molecular complexity index is 484. The number of anilines is 2. The van der Waals surface area contributed by atoms with Gasteiger partial charge in [0.1, 0.15) is 11.5 Å². The average Bonchev–Trinajstić information content (AvgIpc) is 2.30.